The first kappa shape index (κ1) is 13.7. The monoisotopic (exact) mass is 281 g/mol. The second kappa shape index (κ2) is 5.93. The van der Waals surface area contributed by atoms with E-state index in [1.807, 2.05) is 0 Å². The van der Waals surface area contributed by atoms with Gasteiger partial charge in [0.2, 0.25) is 11.8 Å². The third-order valence-electron chi connectivity index (χ3n) is 3.07. The number of nitrogens with one attached hydrogen (secondary N) is 1. The van der Waals surface area contributed by atoms with Crippen molar-refractivity contribution >= 4 is 34.8 Å². The highest BCUT2D eigenvalue weighted by Gasteiger charge is 2.20. The van der Waals surface area contributed by atoms with Crippen LogP contribution in [0.15, 0.2) is 18.2 Å². The fourth-order valence-corrected chi connectivity index (χ4v) is 2.22. The molecule has 102 valence electrons. The van der Waals surface area contributed by atoms with Crippen LogP contribution in [0.3, 0.4) is 0 Å². The predicted molar refractivity (Wildman–Crippen MR) is 74.9 cm³/mol. The maximum atomic E-state index is 11.8. The van der Waals surface area contributed by atoms with E-state index in [2.05, 4.69) is 5.32 Å². The van der Waals surface area contributed by atoms with Crippen LogP contribution in [0, 0.1) is 0 Å². The number of amides is 2. The summed E-state index contributed by atoms with van der Waals surface area (Å²) in [6.45, 7) is 1.20. The molecular formula is C13H16ClN3O2. The second-order valence-corrected chi connectivity index (χ2v) is 4.95. The zero-order chi connectivity index (χ0) is 13.8. The maximum absolute atomic E-state index is 11.8. The van der Waals surface area contributed by atoms with E-state index < -0.39 is 0 Å². The van der Waals surface area contributed by atoms with Crippen LogP contribution in [-0.4, -0.2) is 29.8 Å². The summed E-state index contributed by atoms with van der Waals surface area (Å²) in [5, 5.41) is 3.24. The van der Waals surface area contributed by atoms with Crippen molar-refractivity contribution in [3.8, 4) is 0 Å². The van der Waals surface area contributed by atoms with Gasteiger partial charge >= 0.3 is 0 Å². The van der Waals surface area contributed by atoms with Crippen molar-refractivity contribution in [1.29, 1.82) is 0 Å². The number of hydrogen-bond donors (Lipinski definition) is 2. The summed E-state index contributed by atoms with van der Waals surface area (Å²) in [5.41, 5.74) is 6.72. The van der Waals surface area contributed by atoms with Gasteiger partial charge in [-0.05, 0) is 24.6 Å². The molecule has 19 heavy (non-hydrogen) atoms. The van der Waals surface area contributed by atoms with Crippen molar-refractivity contribution in [2.75, 3.05) is 24.1 Å². The average molecular weight is 282 g/mol. The lowest BCUT2D eigenvalue weighted by molar-refractivity contribution is -0.128. The van der Waals surface area contributed by atoms with Gasteiger partial charge in [-0.15, -0.1) is 0 Å². The Bertz CT molecular complexity index is 505. The van der Waals surface area contributed by atoms with Gasteiger partial charge < -0.3 is 16.0 Å². The number of likely N-dealkylation sites (tertiary alicyclic amines) is 1. The standard InChI is InChI=1S/C13H16ClN3O2/c14-9-3-4-11(10(15)8-9)16-12(18)5-7-17-6-1-2-13(17)19/h3-4,8H,1-2,5-7,15H2,(H,16,18). The molecule has 0 saturated carbocycles. The molecule has 0 bridgehead atoms. The van der Waals surface area contributed by atoms with Crippen LogP contribution >= 0.6 is 11.6 Å². The van der Waals surface area contributed by atoms with Gasteiger partial charge in [0.15, 0.2) is 0 Å². The Morgan fingerprint density at radius 3 is 2.89 bits per heavy atom. The molecule has 1 saturated heterocycles. The highest BCUT2D eigenvalue weighted by molar-refractivity contribution is 6.31. The van der Waals surface area contributed by atoms with E-state index in [0.717, 1.165) is 13.0 Å². The number of hydrogen-bond acceptors (Lipinski definition) is 3. The number of carbonyl (C=O) groups excluding carboxylic acids is 2. The molecule has 1 aliphatic heterocycles. The van der Waals surface area contributed by atoms with E-state index in [4.69, 9.17) is 17.3 Å². The molecule has 3 N–H and O–H groups in total. The third-order valence-corrected chi connectivity index (χ3v) is 3.30. The van der Waals surface area contributed by atoms with Crippen molar-refractivity contribution in [3.05, 3.63) is 23.2 Å². The second-order valence-electron chi connectivity index (χ2n) is 4.51. The lowest BCUT2D eigenvalue weighted by Gasteiger charge is -2.15. The Labute approximate surface area is 116 Å². The van der Waals surface area contributed by atoms with E-state index in [9.17, 15) is 9.59 Å². The highest BCUT2D eigenvalue weighted by atomic mass is 35.5. The molecular weight excluding hydrogens is 266 g/mol. The molecule has 0 radical (unpaired) electrons. The van der Waals surface area contributed by atoms with E-state index in [1.54, 1.807) is 23.1 Å². The van der Waals surface area contributed by atoms with Crippen molar-refractivity contribution in [2.45, 2.75) is 19.3 Å². The van der Waals surface area contributed by atoms with E-state index in [1.165, 1.54) is 0 Å². The molecule has 2 rings (SSSR count). The molecule has 0 atom stereocenters. The quantitative estimate of drug-likeness (QED) is 0.827. The zero-order valence-electron chi connectivity index (χ0n) is 10.5. The molecule has 1 aromatic carbocycles. The van der Waals surface area contributed by atoms with Gasteiger partial charge in [0.25, 0.3) is 0 Å². The molecule has 1 aliphatic rings. The highest BCUT2D eigenvalue weighted by Crippen LogP contribution is 2.22. The average Bonchev–Trinajstić information content (AvgIpc) is 2.76. The minimum Gasteiger partial charge on any atom is -0.397 e. The first-order valence-electron chi connectivity index (χ1n) is 6.19. The van der Waals surface area contributed by atoms with Crippen molar-refractivity contribution < 1.29 is 9.59 Å². The summed E-state index contributed by atoms with van der Waals surface area (Å²) in [5.74, 6) is -0.0347. The van der Waals surface area contributed by atoms with Crippen LogP contribution in [0.2, 0.25) is 5.02 Å². The van der Waals surface area contributed by atoms with Crippen LogP contribution in [0.1, 0.15) is 19.3 Å². The Morgan fingerprint density at radius 2 is 2.26 bits per heavy atom. The van der Waals surface area contributed by atoms with Crippen LogP contribution in [0.25, 0.3) is 0 Å². The number of nitrogens with zero attached hydrogens (tertiary/aromatic N) is 1. The van der Waals surface area contributed by atoms with Crippen LogP contribution in [-0.2, 0) is 9.59 Å². The molecule has 1 fully saturated rings. The van der Waals surface area contributed by atoms with E-state index in [-0.39, 0.29) is 18.2 Å². The molecule has 2 amide bonds. The molecule has 0 unspecified atom stereocenters. The number of halogens is 1. The minimum absolute atomic E-state index is 0.124. The molecule has 0 aromatic heterocycles. The smallest absolute Gasteiger partial charge is 0.226 e. The normalized spacial score (nSPS) is 14.8. The Kier molecular flexibility index (Phi) is 4.27. The molecule has 1 aromatic rings. The summed E-state index contributed by atoms with van der Waals surface area (Å²) < 4.78 is 0. The molecule has 1 heterocycles. The number of carbonyl (C=O) groups is 2. The van der Waals surface area contributed by atoms with Gasteiger partial charge in [-0.2, -0.15) is 0 Å². The summed E-state index contributed by atoms with van der Waals surface area (Å²) >= 11 is 5.78. The van der Waals surface area contributed by atoms with Gasteiger partial charge in [0.05, 0.1) is 11.4 Å². The number of anilines is 2. The Morgan fingerprint density at radius 1 is 1.47 bits per heavy atom. The third kappa shape index (κ3) is 3.61. The van der Waals surface area contributed by atoms with Crippen LogP contribution in [0.4, 0.5) is 11.4 Å². The molecule has 0 aliphatic carbocycles. The van der Waals surface area contributed by atoms with Gasteiger partial charge in [-0.1, -0.05) is 11.6 Å². The summed E-state index contributed by atoms with van der Waals surface area (Å²) in [6, 6.07) is 4.91. The minimum atomic E-state index is -0.159. The van der Waals surface area contributed by atoms with Crippen LogP contribution in [0.5, 0.6) is 0 Å². The van der Waals surface area contributed by atoms with Gasteiger partial charge in [0, 0.05) is 31.0 Å². The van der Waals surface area contributed by atoms with Gasteiger partial charge in [-0.3, -0.25) is 9.59 Å². The van der Waals surface area contributed by atoms with Gasteiger partial charge in [0.1, 0.15) is 0 Å². The number of nitrogen functional groups attached to an aromatic ring is 1. The number of benzene rings is 1. The van der Waals surface area contributed by atoms with E-state index >= 15 is 0 Å². The first-order valence-corrected chi connectivity index (χ1v) is 6.57. The molecule has 5 nitrogen and oxygen atoms in total. The fraction of sp³-hybridized carbons (Fsp3) is 0.385. The van der Waals surface area contributed by atoms with E-state index in [0.29, 0.717) is 29.4 Å². The van der Waals surface area contributed by atoms with Crippen molar-refractivity contribution in [3.63, 3.8) is 0 Å². The maximum Gasteiger partial charge on any atom is 0.226 e. The molecule has 6 heteroatoms. The summed E-state index contributed by atoms with van der Waals surface area (Å²) in [6.07, 6.45) is 1.74. The number of rotatable bonds is 4. The van der Waals surface area contributed by atoms with Gasteiger partial charge in [-0.25, -0.2) is 0 Å². The SMILES string of the molecule is Nc1cc(Cl)ccc1NC(=O)CCN1CCCC1=O. The number of nitrogens with two attached hydrogens (primary N) is 1. The lowest BCUT2D eigenvalue weighted by atomic mass is 10.2. The zero-order valence-corrected chi connectivity index (χ0v) is 11.2. The van der Waals surface area contributed by atoms with Crippen LogP contribution < -0.4 is 11.1 Å². The fourth-order valence-electron chi connectivity index (χ4n) is 2.04. The Hall–Kier alpha value is -1.75. The summed E-state index contributed by atoms with van der Waals surface area (Å²) in [7, 11) is 0. The predicted octanol–water partition coefficient (Wildman–Crippen LogP) is 1.87. The molecule has 0 spiro atoms. The summed E-state index contributed by atoms with van der Waals surface area (Å²) in [4.78, 5) is 24.9. The first-order chi connectivity index (χ1) is 9.06. The van der Waals surface area contributed by atoms with Crippen molar-refractivity contribution in [1.82, 2.24) is 4.90 Å². The largest absolute Gasteiger partial charge is 0.397 e. The lowest BCUT2D eigenvalue weighted by Crippen LogP contribution is -2.28. The Balaban J connectivity index is 1.85. The topological polar surface area (TPSA) is 75.4 Å². The van der Waals surface area contributed by atoms with Crippen molar-refractivity contribution in [2.24, 2.45) is 0 Å².